The number of rotatable bonds is 18. The Morgan fingerprint density at radius 3 is 1.16 bits per heavy atom. The number of aryl methyl sites for hydroxylation is 2. The van der Waals surface area contributed by atoms with Gasteiger partial charge >= 0.3 is 0 Å². The third-order valence-electron chi connectivity index (χ3n) is 9.76. The first-order valence-electron chi connectivity index (χ1n) is 18.0. The summed E-state index contributed by atoms with van der Waals surface area (Å²) in [7, 11) is 0. The zero-order valence-corrected chi connectivity index (χ0v) is 29.0. The van der Waals surface area contributed by atoms with Crippen LogP contribution in [-0.2, 0) is 12.8 Å². The zero-order valence-electron chi connectivity index (χ0n) is 27.3. The summed E-state index contributed by atoms with van der Waals surface area (Å²) in [5.74, 6) is 0. The van der Waals surface area contributed by atoms with E-state index < -0.39 is 0 Å². The summed E-state index contributed by atoms with van der Waals surface area (Å²) in [6, 6.07) is 24.2. The highest BCUT2D eigenvalue weighted by Crippen LogP contribution is 2.38. The summed E-state index contributed by atoms with van der Waals surface area (Å²) >= 11 is 4.02. The normalized spacial score (nSPS) is 12.1. The molecule has 44 heavy (non-hydrogen) atoms. The first-order valence-corrected chi connectivity index (χ1v) is 19.6. The van der Waals surface area contributed by atoms with E-state index in [1.54, 1.807) is 9.75 Å². The van der Waals surface area contributed by atoms with Crippen molar-refractivity contribution in [3.05, 3.63) is 70.4 Å². The summed E-state index contributed by atoms with van der Waals surface area (Å²) in [6.45, 7) is 4.60. The van der Waals surface area contributed by atoms with Gasteiger partial charge in [0, 0.05) is 19.2 Å². The van der Waals surface area contributed by atoms with Crippen molar-refractivity contribution in [2.45, 2.75) is 129 Å². The molecule has 0 amide bonds. The molecule has 0 aliphatic heterocycles. The standard InChI is InChI=1S/C42H52S2/c1-3-5-7-9-11-13-15-17-19-35-25-33-27-39-31(29-41(33)43-35)21-23-38-37(39)24-22-32-30-42-34(28-40(32)38)26-36(44-42)20-18-16-14-12-10-8-6-4-2/h21-30H,3-20H2,1-2H3. The van der Waals surface area contributed by atoms with Gasteiger partial charge in [-0.2, -0.15) is 0 Å². The first kappa shape index (κ1) is 31.6. The molecule has 232 valence electrons. The van der Waals surface area contributed by atoms with Gasteiger partial charge in [0.15, 0.2) is 0 Å². The van der Waals surface area contributed by atoms with Crippen LogP contribution in [0.15, 0.2) is 60.7 Å². The third-order valence-corrected chi connectivity index (χ3v) is 12.1. The maximum atomic E-state index is 2.48. The van der Waals surface area contributed by atoms with Gasteiger partial charge in [-0.1, -0.05) is 128 Å². The van der Waals surface area contributed by atoms with E-state index in [1.165, 1.54) is 168 Å². The molecule has 0 spiro atoms. The van der Waals surface area contributed by atoms with Crippen molar-refractivity contribution >= 4 is 75.2 Å². The van der Waals surface area contributed by atoms with Gasteiger partial charge in [-0.05, 0) is 105 Å². The monoisotopic (exact) mass is 620 g/mol. The van der Waals surface area contributed by atoms with Gasteiger partial charge in [0.25, 0.3) is 0 Å². The van der Waals surface area contributed by atoms with E-state index in [2.05, 4.69) is 74.5 Å². The molecule has 6 aromatic rings. The van der Waals surface area contributed by atoms with Crippen molar-refractivity contribution in [1.82, 2.24) is 0 Å². The van der Waals surface area contributed by atoms with E-state index in [4.69, 9.17) is 0 Å². The average molecular weight is 621 g/mol. The quantitative estimate of drug-likeness (QED) is 0.0662. The number of hydrogen-bond acceptors (Lipinski definition) is 2. The van der Waals surface area contributed by atoms with Crippen LogP contribution in [0.1, 0.15) is 126 Å². The van der Waals surface area contributed by atoms with Crippen LogP contribution in [0.25, 0.3) is 52.5 Å². The molecule has 0 radical (unpaired) electrons. The minimum absolute atomic E-state index is 1.23. The van der Waals surface area contributed by atoms with Gasteiger partial charge in [0.1, 0.15) is 0 Å². The Labute approximate surface area is 273 Å². The molecule has 2 aromatic heterocycles. The Morgan fingerprint density at radius 2 is 0.750 bits per heavy atom. The van der Waals surface area contributed by atoms with E-state index in [9.17, 15) is 0 Å². The molecule has 6 rings (SSSR count). The molecule has 2 heteroatoms. The topological polar surface area (TPSA) is 0 Å². The molecule has 0 unspecified atom stereocenters. The molecule has 2 heterocycles. The second kappa shape index (κ2) is 15.7. The summed E-state index contributed by atoms with van der Waals surface area (Å²) in [5.41, 5.74) is 0. The molecule has 0 fully saturated rings. The molecule has 0 saturated carbocycles. The third kappa shape index (κ3) is 7.68. The van der Waals surface area contributed by atoms with Crippen LogP contribution in [-0.4, -0.2) is 0 Å². The van der Waals surface area contributed by atoms with Crippen molar-refractivity contribution in [1.29, 1.82) is 0 Å². The Bertz CT molecular complexity index is 1670. The maximum absolute atomic E-state index is 2.48. The molecular weight excluding hydrogens is 569 g/mol. The Morgan fingerprint density at radius 1 is 0.364 bits per heavy atom. The van der Waals surface area contributed by atoms with Gasteiger partial charge in [-0.25, -0.2) is 0 Å². The number of fused-ring (bicyclic) bond motifs is 7. The molecular formula is C42H52S2. The Hall–Kier alpha value is -2.42. The molecule has 0 nitrogen and oxygen atoms in total. The van der Waals surface area contributed by atoms with Crippen LogP contribution in [0, 0.1) is 0 Å². The number of unbranched alkanes of at least 4 members (excludes halogenated alkanes) is 14. The number of hydrogen-bond donors (Lipinski definition) is 0. The van der Waals surface area contributed by atoms with Crippen molar-refractivity contribution < 1.29 is 0 Å². The van der Waals surface area contributed by atoms with Crippen LogP contribution < -0.4 is 0 Å². The lowest BCUT2D eigenvalue weighted by Crippen LogP contribution is -1.83. The van der Waals surface area contributed by atoms with Gasteiger partial charge in [0.2, 0.25) is 0 Å². The molecule has 0 saturated heterocycles. The summed E-state index contributed by atoms with van der Waals surface area (Å²) < 4.78 is 2.88. The lowest BCUT2D eigenvalue weighted by Gasteiger charge is -2.08. The van der Waals surface area contributed by atoms with Crippen molar-refractivity contribution in [3.8, 4) is 0 Å². The van der Waals surface area contributed by atoms with Crippen molar-refractivity contribution in [3.63, 3.8) is 0 Å². The lowest BCUT2D eigenvalue weighted by molar-refractivity contribution is 0.576. The molecule has 0 aliphatic rings. The second-order valence-electron chi connectivity index (χ2n) is 13.3. The van der Waals surface area contributed by atoms with Crippen LogP contribution in [0.2, 0.25) is 0 Å². The lowest BCUT2D eigenvalue weighted by atomic mass is 9.96. The highest BCUT2D eigenvalue weighted by molar-refractivity contribution is 7.19. The van der Waals surface area contributed by atoms with E-state index >= 15 is 0 Å². The SMILES string of the molecule is CCCCCCCCCCc1cc2cc3c(ccc4c5cc6cc(CCCCCCCCCC)sc6cc5ccc34)cc2s1. The minimum Gasteiger partial charge on any atom is -0.140 e. The maximum Gasteiger partial charge on any atom is 0.0352 e. The first-order chi connectivity index (χ1) is 21.7. The number of thiophene rings is 2. The fourth-order valence-corrected chi connectivity index (χ4v) is 9.44. The van der Waals surface area contributed by atoms with E-state index in [0.717, 1.165) is 0 Å². The van der Waals surface area contributed by atoms with E-state index in [-0.39, 0.29) is 0 Å². The van der Waals surface area contributed by atoms with Crippen LogP contribution in [0.4, 0.5) is 0 Å². The summed E-state index contributed by atoms with van der Waals surface area (Å²) in [6.07, 6.45) is 24.7. The molecule has 0 atom stereocenters. The zero-order chi connectivity index (χ0) is 30.1. The largest absolute Gasteiger partial charge is 0.140 e. The van der Waals surface area contributed by atoms with Crippen molar-refractivity contribution in [2.24, 2.45) is 0 Å². The molecule has 0 aliphatic carbocycles. The molecule has 4 aromatic carbocycles. The Balaban J connectivity index is 1.15. The summed E-state index contributed by atoms with van der Waals surface area (Å²) in [5, 5.41) is 11.2. The molecule has 0 bridgehead atoms. The van der Waals surface area contributed by atoms with Gasteiger partial charge < -0.3 is 0 Å². The van der Waals surface area contributed by atoms with Crippen molar-refractivity contribution in [2.75, 3.05) is 0 Å². The fraction of sp³-hybridized carbons (Fsp3) is 0.476. The van der Waals surface area contributed by atoms with Crippen LogP contribution >= 0.6 is 22.7 Å². The highest BCUT2D eigenvalue weighted by atomic mass is 32.1. The predicted molar refractivity (Wildman–Crippen MR) is 202 cm³/mol. The smallest absolute Gasteiger partial charge is 0.0352 e. The predicted octanol–water partition coefficient (Wildman–Crippen LogP) is 14.9. The highest BCUT2D eigenvalue weighted by Gasteiger charge is 2.11. The van der Waals surface area contributed by atoms with Crippen LogP contribution in [0.3, 0.4) is 0 Å². The van der Waals surface area contributed by atoms with E-state index in [1.807, 2.05) is 22.7 Å². The van der Waals surface area contributed by atoms with Gasteiger partial charge in [-0.15, -0.1) is 22.7 Å². The van der Waals surface area contributed by atoms with Crippen LogP contribution in [0.5, 0.6) is 0 Å². The van der Waals surface area contributed by atoms with E-state index in [0.29, 0.717) is 0 Å². The fourth-order valence-electron chi connectivity index (χ4n) is 7.17. The van der Waals surface area contributed by atoms with Gasteiger partial charge in [0.05, 0.1) is 0 Å². The summed E-state index contributed by atoms with van der Waals surface area (Å²) in [4.78, 5) is 3.11. The average Bonchev–Trinajstić information content (AvgIpc) is 3.63. The number of benzene rings is 4. The molecule has 0 N–H and O–H groups in total. The van der Waals surface area contributed by atoms with Gasteiger partial charge in [-0.3, -0.25) is 0 Å². The minimum atomic E-state index is 1.23. The second-order valence-corrected chi connectivity index (χ2v) is 15.7. The Kier molecular flexibility index (Phi) is 11.3.